The Kier molecular flexibility index (Phi) is 5.79. The predicted octanol–water partition coefficient (Wildman–Crippen LogP) is 3.48. The van der Waals surface area contributed by atoms with Gasteiger partial charge >= 0.3 is 12.1 Å². The number of carbonyl (C=O) groups excluding carboxylic acids is 2. The Morgan fingerprint density at radius 1 is 1.00 bits per heavy atom. The fourth-order valence-corrected chi connectivity index (χ4v) is 4.88. The molecule has 3 aliphatic carbocycles. The van der Waals surface area contributed by atoms with Crippen LogP contribution in [0.25, 0.3) is 11.1 Å². The number of carbonyl (C=O) groups is 3. The minimum absolute atomic E-state index is 0.00500. The monoisotopic (exact) mass is 448 g/mol. The third-order valence-electron chi connectivity index (χ3n) is 6.91. The average Bonchev–Trinajstić information content (AvgIpc) is 3.74. The van der Waals surface area contributed by atoms with Crippen molar-refractivity contribution in [2.75, 3.05) is 26.2 Å². The Bertz CT molecular complexity index is 1030. The molecule has 2 fully saturated rings. The molecule has 0 radical (unpaired) electrons. The number of nitrogens with zero attached hydrogens (tertiary/aromatic N) is 1. The Labute approximate surface area is 192 Å². The maximum atomic E-state index is 12.7. The van der Waals surface area contributed by atoms with Crippen LogP contribution in [0.5, 0.6) is 0 Å². The first-order valence-electron chi connectivity index (χ1n) is 11.6. The van der Waals surface area contributed by atoms with Crippen LogP contribution in [-0.4, -0.2) is 54.2 Å². The number of hydrogen-bond acceptors (Lipinski definition) is 4. The average molecular weight is 449 g/mol. The number of amides is 2. The molecule has 0 heterocycles. The van der Waals surface area contributed by atoms with E-state index in [-0.39, 0.29) is 36.8 Å². The summed E-state index contributed by atoms with van der Waals surface area (Å²) in [5.41, 5.74) is 4.68. The van der Waals surface area contributed by atoms with Crippen LogP contribution in [0, 0.1) is 17.8 Å². The summed E-state index contributed by atoms with van der Waals surface area (Å²) in [4.78, 5) is 37.7. The highest BCUT2D eigenvalue weighted by atomic mass is 16.5. The smallest absolute Gasteiger partial charge is 0.407 e. The van der Waals surface area contributed by atoms with Crippen molar-refractivity contribution < 1.29 is 24.2 Å². The van der Waals surface area contributed by atoms with E-state index in [1.165, 1.54) is 16.0 Å². The van der Waals surface area contributed by atoms with Crippen LogP contribution >= 0.6 is 0 Å². The number of aliphatic carboxylic acids is 1. The Hall–Kier alpha value is -3.35. The van der Waals surface area contributed by atoms with E-state index in [0.717, 1.165) is 24.0 Å². The van der Waals surface area contributed by atoms with Crippen molar-refractivity contribution in [2.24, 2.45) is 17.8 Å². The van der Waals surface area contributed by atoms with Crippen LogP contribution in [0.3, 0.4) is 0 Å². The predicted molar refractivity (Wildman–Crippen MR) is 122 cm³/mol. The maximum Gasteiger partial charge on any atom is 0.407 e. The number of benzene rings is 2. The molecule has 0 spiro atoms. The summed E-state index contributed by atoms with van der Waals surface area (Å²) in [6, 6.07) is 16.4. The number of carboxylic acid groups (broad SMARTS) is 1. The molecule has 0 aromatic heterocycles. The van der Waals surface area contributed by atoms with Crippen LogP contribution in [-0.2, 0) is 14.3 Å². The summed E-state index contributed by atoms with van der Waals surface area (Å²) in [7, 11) is 0. The molecule has 2 aromatic rings. The number of carboxylic acids is 1. The number of alkyl carbamates (subject to hydrolysis) is 1. The first-order chi connectivity index (χ1) is 16.0. The van der Waals surface area contributed by atoms with Gasteiger partial charge in [0.15, 0.2) is 0 Å². The number of hydrogen-bond donors (Lipinski definition) is 2. The van der Waals surface area contributed by atoms with Crippen LogP contribution in [0.2, 0.25) is 0 Å². The van der Waals surface area contributed by atoms with E-state index in [1.807, 2.05) is 24.3 Å². The molecule has 0 aliphatic heterocycles. The molecule has 2 saturated carbocycles. The minimum Gasteiger partial charge on any atom is -0.480 e. The first-order valence-corrected chi connectivity index (χ1v) is 11.6. The topological polar surface area (TPSA) is 95.9 Å². The second-order valence-electron chi connectivity index (χ2n) is 9.36. The van der Waals surface area contributed by atoms with Crippen molar-refractivity contribution in [3.8, 4) is 11.1 Å². The number of fused-ring (bicyclic) bond motifs is 3. The van der Waals surface area contributed by atoms with Gasteiger partial charge in [0.25, 0.3) is 0 Å². The maximum absolute atomic E-state index is 12.7. The van der Waals surface area contributed by atoms with Gasteiger partial charge in [-0.1, -0.05) is 48.5 Å². The van der Waals surface area contributed by atoms with Crippen LogP contribution in [0.4, 0.5) is 4.79 Å². The molecule has 0 unspecified atom stereocenters. The van der Waals surface area contributed by atoms with E-state index >= 15 is 0 Å². The van der Waals surface area contributed by atoms with Crippen molar-refractivity contribution in [1.29, 1.82) is 0 Å². The van der Waals surface area contributed by atoms with Crippen molar-refractivity contribution in [1.82, 2.24) is 10.2 Å². The number of nitrogens with one attached hydrogen (secondary N) is 1. The van der Waals surface area contributed by atoms with Crippen molar-refractivity contribution in [2.45, 2.75) is 25.2 Å². The fourth-order valence-electron chi connectivity index (χ4n) is 4.88. The summed E-state index contributed by atoms with van der Waals surface area (Å²) in [5.74, 6) is -0.832. The van der Waals surface area contributed by atoms with Gasteiger partial charge in [0.1, 0.15) is 13.2 Å². The largest absolute Gasteiger partial charge is 0.480 e. The summed E-state index contributed by atoms with van der Waals surface area (Å²) < 4.78 is 5.55. The van der Waals surface area contributed by atoms with Gasteiger partial charge in [-0.15, -0.1) is 0 Å². The zero-order valence-electron chi connectivity index (χ0n) is 18.4. The van der Waals surface area contributed by atoms with E-state index in [2.05, 4.69) is 29.6 Å². The van der Waals surface area contributed by atoms with Crippen molar-refractivity contribution >= 4 is 18.0 Å². The first kappa shape index (κ1) is 21.5. The van der Waals surface area contributed by atoms with Crippen LogP contribution in [0.1, 0.15) is 36.3 Å². The highest BCUT2D eigenvalue weighted by Gasteiger charge is 2.46. The molecule has 33 heavy (non-hydrogen) atoms. The van der Waals surface area contributed by atoms with E-state index in [4.69, 9.17) is 9.84 Å². The van der Waals surface area contributed by atoms with Gasteiger partial charge in [0.05, 0.1) is 0 Å². The van der Waals surface area contributed by atoms with Crippen LogP contribution < -0.4 is 5.32 Å². The zero-order chi connectivity index (χ0) is 22.9. The van der Waals surface area contributed by atoms with E-state index in [9.17, 15) is 14.4 Å². The van der Waals surface area contributed by atoms with E-state index < -0.39 is 12.1 Å². The molecule has 0 bridgehead atoms. The number of rotatable bonds is 9. The van der Waals surface area contributed by atoms with Gasteiger partial charge in [-0.25, -0.2) is 4.79 Å². The Morgan fingerprint density at radius 2 is 1.64 bits per heavy atom. The summed E-state index contributed by atoms with van der Waals surface area (Å²) in [5, 5.41) is 11.9. The summed E-state index contributed by atoms with van der Waals surface area (Å²) in [6.45, 7) is 0.880. The lowest BCUT2D eigenvalue weighted by atomic mass is 9.98. The molecule has 2 amide bonds. The molecule has 172 valence electrons. The van der Waals surface area contributed by atoms with E-state index in [1.54, 1.807) is 0 Å². The molecule has 0 saturated heterocycles. The Balaban J connectivity index is 1.11. The lowest BCUT2D eigenvalue weighted by molar-refractivity contribution is -0.145. The van der Waals surface area contributed by atoms with Gasteiger partial charge in [0, 0.05) is 24.9 Å². The van der Waals surface area contributed by atoms with Crippen molar-refractivity contribution in [3.63, 3.8) is 0 Å². The van der Waals surface area contributed by atoms with E-state index in [0.29, 0.717) is 25.4 Å². The second-order valence-corrected chi connectivity index (χ2v) is 9.36. The normalized spacial score (nSPS) is 20.5. The highest BCUT2D eigenvalue weighted by molar-refractivity contribution is 5.85. The molecule has 5 rings (SSSR count). The fraction of sp³-hybridized carbons (Fsp3) is 0.423. The van der Waals surface area contributed by atoms with Gasteiger partial charge in [-0.2, -0.15) is 0 Å². The van der Waals surface area contributed by atoms with Gasteiger partial charge in [-0.3, -0.25) is 9.59 Å². The van der Waals surface area contributed by atoms with Crippen LogP contribution in [0.15, 0.2) is 48.5 Å². The summed E-state index contributed by atoms with van der Waals surface area (Å²) in [6.07, 6.45) is 2.29. The van der Waals surface area contributed by atoms with Gasteiger partial charge in [-0.05, 0) is 53.4 Å². The highest BCUT2D eigenvalue weighted by Crippen LogP contribution is 2.44. The SMILES string of the molecule is O=C(O)CN(CC1CC1)C(=O)[C@H]1C[C@H]1CNC(=O)OCC1c2ccccc2-c2ccccc21. The molecular weight excluding hydrogens is 420 g/mol. The quantitative estimate of drug-likeness (QED) is 0.612. The molecule has 2 N–H and O–H groups in total. The molecule has 2 aromatic carbocycles. The second kappa shape index (κ2) is 8.89. The van der Waals surface area contributed by atoms with Gasteiger partial charge in [0.2, 0.25) is 5.91 Å². The molecule has 7 heteroatoms. The lowest BCUT2D eigenvalue weighted by Gasteiger charge is -2.20. The molecular formula is C26H28N2O5. The minimum atomic E-state index is -0.988. The lowest BCUT2D eigenvalue weighted by Crippen LogP contribution is -2.39. The standard InChI is InChI=1S/C26H28N2O5/c29-24(30)14-28(13-16-9-10-16)25(31)22-11-17(22)12-27-26(32)33-15-23-20-7-3-1-5-18(20)19-6-2-4-8-21(19)23/h1-8,16-17,22-23H,9-15H2,(H,27,32)(H,29,30)/t17-,22-/m0/s1. The molecule has 3 aliphatic rings. The third kappa shape index (κ3) is 4.72. The van der Waals surface area contributed by atoms with Gasteiger partial charge < -0.3 is 20.1 Å². The Morgan fingerprint density at radius 3 is 2.24 bits per heavy atom. The van der Waals surface area contributed by atoms with Crippen molar-refractivity contribution in [3.05, 3.63) is 59.7 Å². The molecule has 2 atom stereocenters. The third-order valence-corrected chi connectivity index (χ3v) is 6.91. The zero-order valence-corrected chi connectivity index (χ0v) is 18.4. The summed E-state index contributed by atoms with van der Waals surface area (Å²) >= 11 is 0. The molecule has 7 nitrogen and oxygen atoms in total. The number of ether oxygens (including phenoxy) is 1.